The van der Waals surface area contributed by atoms with Crippen LogP contribution in [0, 0.1) is 6.92 Å². The summed E-state index contributed by atoms with van der Waals surface area (Å²) in [6, 6.07) is 7.99. The van der Waals surface area contributed by atoms with Crippen molar-refractivity contribution in [2.24, 2.45) is 0 Å². The number of fused-ring (bicyclic) bond motifs is 1. The average molecular weight is 404 g/mol. The van der Waals surface area contributed by atoms with E-state index in [1.165, 1.54) is 11.3 Å². The molecule has 0 saturated heterocycles. The van der Waals surface area contributed by atoms with E-state index in [2.05, 4.69) is 44.4 Å². The molecule has 0 spiro atoms. The summed E-state index contributed by atoms with van der Waals surface area (Å²) in [5.74, 6) is 0.698. The number of pyridine rings is 1. The van der Waals surface area contributed by atoms with Crippen LogP contribution in [0.15, 0.2) is 42.9 Å². The number of hydrogen-bond donors (Lipinski definition) is 2. The normalized spacial score (nSPS) is 11.0. The Kier molecular flexibility index (Phi) is 5.18. The molecule has 4 aromatic rings. The molecule has 1 aromatic carbocycles. The number of carbonyl (C=O) groups excluding carboxylic acids is 1. The van der Waals surface area contributed by atoms with Crippen LogP contribution in [0.4, 0.5) is 17.2 Å². The fraction of sp³-hybridized carbons (Fsp3) is 0.190. The van der Waals surface area contributed by atoms with Crippen molar-refractivity contribution in [1.82, 2.24) is 19.9 Å². The van der Waals surface area contributed by atoms with Crippen LogP contribution in [0.5, 0.6) is 0 Å². The molecule has 0 aliphatic carbocycles. The summed E-state index contributed by atoms with van der Waals surface area (Å²) in [6.45, 7) is 5.98. The molecule has 0 bridgehead atoms. The van der Waals surface area contributed by atoms with Gasteiger partial charge in [0.15, 0.2) is 6.29 Å². The Morgan fingerprint density at radius 1 is 1.07 bits per heavy atom. The fourth-order valence-corrected chi connectivity index (χ4v) is 3.85. The second-order valence-corrected chi connectivity index (χ2v) is 7.92. The van der Waals surface area contributed by atoms with Gasteiger partial charge in [-0.25, -0.2) is 9.97 Å². The van der Waals surface area contributed by atoms with Gasteiger partial charge in [-0.05, 0) is 39.0 Å². The van der Waals surface area contributed by atoms with E-state index in [9.17, 15) is 4.79 Å². The number of benzene rings is 1. The molecule has 0 aliphatic heterocycles. The number of nitrogens with one attached hydrogen (secondary N) is 2. The van der Waals surface area contributed by atoms with Gasteiger partial charge in [-0.2, -0.15) is 0 Å². The maximum Gasteiger partial charge on any atom is 0.161 e. The number of anilines is 3. The third-order valence-electron chi connectivity index (χ3n) is 4.26. The number of carbonyl (C=O) groups is 1. The molecule has 0 aliphatic rings. The van der Waals surface area contributed by atoms with Crippen molar-refractivity contribution in [3.63, 3.8) is 0 Å². The Morgan fingerprint density at radius 2 is 1.86 bits per heavy atom. The van der Waals surface area contributed by atoms with Crippen LogP contribution in [0.2, 0.25) is 0 Å². The number of aryl methyl sites for hydroxylation is 1. The minimum Gasteiger partial charge on any atom is -0.382 e. The van der Waals surface area contributed by atoms with Crippen molar-refractivity contribution < 1.29 is 4.79 Å². The van der Waals surface area contributed by atoms with Crippen molar-refractivity contribution in [3.8, 4) is 10.6 Å². The summed E-state index contributed by atoms with van der Waals surface area (Å²) < 4.78 is 0. The summed E-state index contributed by atoms with van der Waals surface area (Å²) in [4.78, 5) is 29.6. The van der Waals surface area contributed by atoms with Gasteiger partial charge >= 0.3 is 0 Å². The quantitative estimate of drug-likeness (QED) is 0.444. The zero-order chi connectivity index (χ0) is 20.4. The molecule has 0 atom stereocenters. The molecule has 3 aromatic heterocycles. The van der Waals surface area contributed by atoms with Crippen molar-refractivity contribution in [3.05, 3.63) is 53.4 Å². The Hall–Kier alpha value is -3.39. The van der Waals surface area contributed by atoms with Crippen LogP contribution in [-0.2, 0) is 0 Å². The first-order valence-corrected chi connectivity index (χ1v) is 10.0. The number of aldehydes is 1. The second kappa shape index (κ2) is 7.92. The van der Waals surface area contributed by atoms with E-state index in [1.54, 1.807) is 18.6 Å². The highest BCUT2D eigenvalue weighted by Crippen LogP contribution is 2.34. The van der Waals surface area contributed by atoms with Gasteiger partial charge in [0.1, 0.15) is 10.8 Å². The van der Waals surface area contributed by atoms with Crippen LogP contribution in [0.3, 0.4) is 0 Å². The van der Waals surface area contributed by atoms with E-state index in [-0.39, 0.29) is 6.04 Å². The van der Waals surface area contributed by atoms with Crippen LogP contribution in [0.25, 0.3) is 21.6 Å². The molecule has 0 saturated carbocycles. The van der Waals surface area contributed by atoms with E-state index < -0.39 is 0 Å². The molecular formula is C21H20N6OS. The Morgan fingerprint density at radius 3 is 2.59 bits per heavy atom. The number of nitrogens with zero attached hydrogens (tertiary/aromatic N) is 4. The van der Waals surface area contributed by atoms with Gasteiger partial charge in [-0.3, -0.25) is 14.8 Å². The standard InChI is InChI=1S/C21H20N6OS/c1-12(2)25-17-9-20(24-10-15(17)21-26-13(3)19(11-28)29-21)27-14-4-5-16-18(8-14)23-7-6-22-16/h4-12H,1-3H3,(H2,24,25,27). The zero-order valence-electron chi connectivity index (χ0n) is 16.3. The number of aromatic nitrogens is 4. The lowest BCUT2D eigenvalue weighted by molar-refractivity contribution is 0.112. The first-order chi connectivity index (χ1) is 14.0. The van der Waals surface area contributed by atoms with E-state index >= 15 is 0 Å². The monoisotopic (exact) mass is 404 g/mol. The van der Waals surface area contributed by atoms with Gasteiger partial charge in [0.05, 0.1) is 27.2 Å². The van der Waals surface area contributed by atoms with Gasteiger partial charge in [-0.15, -0.1) is 11.3 Å². The van der Waals surface area contributed by atoms with Crippen LogP contribution in [-0.4, -0.2) is 32.3 Å². The zero-order valence-corrected chi connectivity index (χ0v) is 17.1. The molecule has 0 radical (unpaired) electrons. The number of rotatable bonds is 6. The Bertz CT molecular complexity index is 1190. The lowest BCUT2D eigenvalue weighted by Crippen LogP contribution is -2.11. The van der Waals surface area contributed by atoms with Crippen molar-refractivity contribution in [2.75, 3.05) is 10.6 Å². The minimum atomic E-state index is 0.228. The first-order valence-electron chi connectivity index (χ1n) is 9.21. The summed E-state index contributed by atoms with van der Waals surface area (Å²) in [6.07, 6.45) is 5.97. The van der Waals surface area contributed by atoms with Crippen LogP contribution < -0.4 is 10.6 Å². The molecule has 0 amide bonds. The minimum absolute atomic E-state index is 0.228. The van der Waals surface area contributed by atoms with Crippen LogP contribution >= 0.6 is 11.3 Å². The maximum absolute atomic E-state index is 11.2. The molecule has 2 N–H and O–H groups in total. The molecular weight excluding hydrogens is 384 g/mol. The third-order valence-corrected chi connectivity index (χ3v) is 5.38. The van der Waals surface area contributed by atoms with E-state index in [0.29, 0.717) is 10.7 Å². The summed E-state index contributed by atoms with van der Waals surface area (Å²) >= 11 is 1.37. The highest BCUT2D eigenvalue weighted by atomic mass is 32.1. The average Bonchev–Trinajstić information content (AvgIpc) is 3.08. The highest BCUT2D eigenvalue weighted by molar-refractivity contribution is 7.16. The van der Waals surface area contributed by atoms with Crippen molar-refractivity contribution in [2.45, 2.75) is 26.8 Å². The Labute approximate surface area is 172 Å². The maximum atomic E-state index is 11.2. The molecule has 146 valence electrons. The molecule has 29 heavy (non-hydrogen) atoms. The molecule has 0 unspecified atom stereocenters. The smallest absolute Gasteiger partial charge is 0.161 e. The van der Waals surface area contributed by atoms with Crippen molar-refractivity contribution >= 4 is 45.8 Å². The van der Waals surface area contributed by atoms with Crippen LogP contribution in [0.1, 0.15) is 29.2 Å². The largest absolute Gasteiger partial charge is 0.382 e. The van der Waals surface area contributed by atoms with Gasteiger partial charge in [0.2, 0.25) is 0 Å². The first kappa shape index (κ1) is 18.9. The van der Waals surface area contributed by atoms with E-state index in [0.717, 1.165) is 45.0 Å². The lowest BCUT2D eigenvalue weighted by atomic mass is 10.2. The van der Waals surface area contributed by atoms with Gasteiger partial charge in [0, 0.05) is 42.1 Å². The van der Waals surface area contributed by atoms with Gasteiger partial charge in [-0.1, -0.05) is 0 Å². The number of thiazole rings is 1. The molecule has 4 rings (SSSR count). The molecule has 8 heteroatoms. The predicted molar refractivity (Wildman–Crippen MR) is 117 cm³/mol. The lowest BCUT2D eigenvalue weighted by Gasteiger charge is -2.15. The van der Waals surface area contributed by atoms with E-state index in [4.69, 9.17) is 0 Å². The third kappa shape index (κ3) is 4.07. The fourth-order valence-electron chi connectivity index (χ4n) is 2.95. The number of hydrogen-bond acceptors (Lipinski definition) is 8. The summed E-state index contributed by atoms with van der Waals surface area (Å²) in [7, 11) is 0. The second-order valence-electron chi connectivity index (χ2n) is 6.89. The Balaban J connectivity index is 1.69. The molecule has 7 nitrogen and oxygen atoms in total. The van der Waals surface area contributed by atoms with Gasteiger partial charge in [0.25, 0.3) is 0 Å². The van der Waals surface area contributed by atoms with E-state index in [1.807, 2.05) is 31.2 Å². The molecule has 0 fully saturated rings. The SMILES string of the molecule is Cc1nc(-c2cnc(Nc3ccc4nccnc4c3)cc2NC(C)C)sc1C=O. The molecule has 3 heterocycles. The van der Waals surface area contributed by atoms with Gasteiger partial charge < -0.3 is 10.6 Å². The summed E-state index contributed by atoms with van der Waals surface area (Å²) in [5, 5.41) is 7.55. The van der Waals surface area contributed by atoms with Crippen molar-refractivity contribution in [1.29, 1.82) is 0 Å². The highest BCUT2D eigenvalue weighted by Gasteiger charge is 2.15. The topological polar surface area (TPSA) is 92.7 Å². The predicted octanol–water partition coefficient (Wildman–Crippen LogP) is 4.83. The summed E-state index contributed by atoms with van der Waals surface area (Å²) in [5.41, 5.74) is 5.04.